The molecule has 0 aromatic heterocycles. The summed E-state index contributed by atoms with van der Waals surface area (Å²) in [6.07, 6.45) is 7.57. The van der Waals surface area contributed by atoms with Crippen molar-refractivity contribution in [2.45, 2.75) is 64.2 Å². The van der Waals surface area contributed by atoms with Gasteiger partial charge in [-0.25, -0.2) is 4.39 Å². The summed E-state index contributed by atoms with van der Waals surface area (Å²) in [5, 5.41) is 9.67. The van der Waals surface area contributed by atoms with E-state index in [-0.39, 0.29) is 23.9 Å². The molecule has 2 aliphatic heterocycles. The second-order valence-corrected chi connectivity index (χ2v) is 10.4. The van der Waals surface area contributed by atoms with Crippen molar-refractivity contribution in [2.75, 3.05) is 7.11 Å². The number of fused-ring (bicyclic) bond motifs is 1. The molecule has 0 radical (unpaired) electrons. The van der Waals surface area contributed by atoms with Gasteiger partial charge in [-0.15, -0.1) is 0 Å². The second-order valence-electron chi connectivity index (χ2n) is 10.4. The van der Waals surface area contributed by atoms with E-state index in [9.17, 15) is 9.90 Å². The number of hydrogen-bond donors (Lipinski definition) is 1. The largest absolute Gasteiger partial charge is 0.485 e. The molecule has 2 aromatic carbocycles. The number of carbonyl (C=O) groups is 1. The molecule has 2 heterocycles. The van der Waals surface area contributed by atoms with Crippen LogP contribution in [0.15, 0.2) is 47.5 Å². The zero-order valence-corrected chi connectivity index (χ0v) is 21.1. The van der Waals surface area contributed by atoms with Crippen molar-refractivity contribution in [3.63, 3.8) is 0 Å². The van der Waals surface area contributed by atoms with Gasteiger partial charge in [0.2, 0.25) is 0 Å². The molecule has 0 amide bonds. The van der Waals surface area contributed by atoms with Crippen LogP contribution in [-0.2, 0) is 16.0 Å². The Morgan fingerprint density at radius 3 is 2.69 bits per heavy atom. The fourth-order valence-electron chi connectivity index (χ4n) is 5.82. The SMILES string of the molecule is COC1N=CC=C(c2ccc(C3CCCc4ccc([C@H](C5CC5)[C@H](C)C(=O)O)cc4O3)c(F)c2)C1C. The minimum atomic E-state index is -0.770. The van der Waals surface area contributed by atoms with Gasteiger partial charge in [0, 0.05) is 24.8 Å². The van der Waals surface area contributed by atoms with Gasteiger partial charge in [0.1, 0.15) is 17.7 Å². The van der Waals surface area contributed by atoms with Gasteiger partial charge in [0.15, 0.2) is 6.23 Å². The molecule has 5 atom stereocenters. The Hall–Kier alpha value is -2.99. The third-order valence-corrected chi connectivity index (χ3v) is 8.04. The highest BCUT2D eigenvalue weighted by molar-refractivity contribution is 5.87. The van der Waals surface area contributed by atoms with Crippen molar-refractivity contribution in [2.24, 2.45) is 22.7 Å². The summed E-state index contributed by atoms with van der Waals surface area (Å²) in [6.45, 7) is 3.83. The number of allylic oxidation sites excluding steroid dienone is 1. The summed E-state index contributed by atoms with van der Waals surface area (Å²) in [5.41, 5.74) is 4.48. The maximum atomic E-state index is 15.5. The van der Waals surface area contributed by atoms with Crippen molar-refractivity contribution in [3.05, 3.63) is 70.5 Å². The van der Waals surface area contributed by atoms with Crippen LogP contribution in [0.2, 0.25) is 0 Å². The van der Waals surface area contributed by atoms with Crippen LogP contribution in [0.5, 0.6) is 5.75 Å². The molecule has 5 nitrogen and oxygen atoms in total. The molecule has 1 aliphatic carbocycles. The first-order valence-electron chi connectivity index (χ1n) is 13.0. The predicted octanol–water partition coefficient (Wildman–Crippen LogP) is 6.57. The number of nitrogens with zero attached hydrogens (tertiary/aromatic N) is 1. The Morgan fingerprint density at radius 1 is 1.19 bits per heavy atom. The molecule has 5 rings (SSSR count). The van der Waals surface area contributed by atoms with Crippen molar-refractivity contribution in [1.29, 1.82) is 0 Å². The minimum Gasteiger partial charge on any atom is -0.485 e. The number of aliphatic imine (C=N–C) groups is 1. The molecule has 0 saturated heterocycles. The van der Waals surface area contributed by atoms with Crippen LogP contribution in [0.25, 0.3) is 5.57 Å². The Morgan fingerprint density at radius 2 is 2.00 bits per heavy atom. The van der Waals surface area contributed by atoms with E-state index in [0.717, 1.165) is 60.1 Å². The van der Waals surface area contributed by atoms with Gasteiger partial charge in [0.25, 0.3) is 0 Å². The van der Waals surface area contributed by atoms with E-state index in [2.05, 4.69) is 17.1 Å². The number of halogens is 1. The van der Waals surface area contributed by atoms with Crippen LogP contribution < -0.4 is 4.74 Å². The lowest BCUT2D eigenvalue weighted by molar-refractivity contribution is -0.142. The number of methoxy groups -OCH3 is 1. The van der Waals surface area contributed by atoms with E-state index < -0.39 is 18.0 Å². The van der Waals surface area contributed by atoms with Gasteiger partial charge in [-0.2, -0.15) is 0 Å². The van der Waals surface area contributed by atoms with E-state index in [1.54, 1.807) is 26.3 Å². The van der Waals surface area contributed by atoms with E-state index in [1.807, 2.05) is 31.2 Å². The average Bonchev–Trinajstić information content (AvgIpc) is 3.71. The third-order valence-electron chi connectivity index (χ3n) is 8.04. The molecule has 6 heteroatoms. The average molecular weight is 492 g/mol. The Balaban J connectivity index is 1.41. The monoisotopic (exact) mass is 491 g/mol. The Bertz CT molecular complexity index is 1200. The number of aryl methyl sites for hydroxylation is 1. The summed E-state index contributed by atoms with van der Waals surface area (Å²) in [4.78, 5) is 16.1. The number of carboxylic acids is 1. The Labute approximate surface area is 212 Å². The van der Waals surface area contributed by atoms with E-state index in [0.29, 0.717) is 11.5 Å². The number of dihydropyridines is 1. The maximum absolute atomic E-state index is 15.5. The highest BCUT2D eigenvalue weighted by Crippen LogP contribution is 2.48. The molecule has 2 aromatic rings. The molecule has 1 fully saturated rings. The molecule has 1 saturated carbocycles. The fraction of sp³-hybridized carbons (Fsp3) is 0.467. The number of hydrogen-bond acceptors (Lipinski definition) is 4. The van der Waals surface area contributed by atoms with Gasteiger partial charge in [-0.05, 0) is 84.4 Å². The first kappa shape index (κ1) is 24.7. The van der Waals surface area contributed by atoms with Crippen molar-refractivity contribution in [3.8, 4) is 5.75 Å². The molecular weight excluding hydrogens is 457 g/mol. The summed E-state index contributed by atoms with van der Waals surface area (Å²) >= 11 is 0. The van der Waals surface area contributed by atoms with Crippen molar-refractivity contribution >= 4 is 17.8 Å². The first-order valence-corrected chi connectivity index (χ1v) is 13.0. The van der Waals surface area contributed by atoms with Crippen molar-refractivity contribution < 1.29 is 23.8 Å². The van der Waals surface area contributed by atoms with Gasteiger partial charge in [-0.3, -0.25) is 9.79 Å². The van der Waals surface area contributed by atoms with Crippen LogP contribution in [0, 0.1) is 23.6 Å². The molecular formula is C30H34FNO4. The second kappa shape index (κ2) is 10.2. The summed E-state index contributed by atoms with van der Waals surface area (Å²) in [5.74, 6) is -0.354. The van der Waals surface area contributed by atoms with Crippen LogP contribution >= 0.6 is 0 Å². The van der Waals surface area contributed by atoms with E-state index in [4.69, 9.17) is 9.47 Å². The summed E-state index contributed by atoms with van der Waals surface area (Å²) in [6, 6.07) is 11.5. The molecule has 0 bridgehead atoms. The lowest BCUT2D eigenvalue weighted by Crippen LogP contribution is -2.22. The normalized spacial score (nSPS) is 25.2. The van der Waals surface area contributed by atoms with Crippen molar-refractivity contribution in [1.82, 2.24) is 0 Å². The number of ether oxygens (including phenoxy) is 2. The predicted molar refractivity (Wildman–Crippen MR) is 138 cm³/mol. The smallest absolute Gasteiger partial charge is 0.306 e. The molecule has 36 heavy (non-hydrogen) atoms. The number of carboxylic acid groups (broad SMARTS) is 1. The van der Waals surface area contributed by atoms with Crippen LogP contribution in [-0.4, -0.2) is 30.6 Å². The molecule has 190 valence electrons. The molecule has 3 unspecified atom stereocenters. The quantitative estimate of drug-likeness (QED) is 0.475. The van der Waals surface area contributed by atoms with Gasteiger partial charge < -0.3 is 14.6 Å². The lowest BCUT2D eigenvalue weighted by Gasteiger charge is -2.26. The van der Waals surface area contributed by atoms with Gasteiger partial charge in [-0.1, -0.05) is 38.1 Å². The van der Waals surface area contributed by atoms with E-state index >= 15 is 4.39 Å². The molecule has 1 N–H and O–H groups in total. The van der Waals surface area contributed by atoms with E-state index in [1.165, 1.54) is 0 Å². The molecule has 0 spiro atoms. The van der Waals surface area contributed by atoms with Gasteiger partial charge >= 0.3 is 5.97 Å². The third kappa shape index (κ3) is 4.83. The number of rotatable bonds is 7. The highest BCUT2D eigenvalue weighted by Gasteiger charge is 2.39. The van der Waals surface area contributed by atoms with Gasteiger partial charge in [0.05, 0.1) is 5.92 Å². The van der Waals surface area contributed by atoms with Crippen LogP contribution in [0.4, 0.5) is 4.39 Å². The summed E-state index contributed by atoms with van der Waals surface area (Å²) in [7, 11) is 1.63. The topological polar surface area (TPSA) is 68.1 Å². The number of aliphatic carboxylic acids is 1. The Kier molecular flexibility index (Phi) is 6.98. The van der Waals surface area contributed by atoms with Crippen LogP contribution in [0.1, 0.15) is 73.8 Å². The zero-order valence-electron chi connectivity index (χ0n) is 21.1. The van der Waals surface area contributed by atoms with Crippen LogP contribution in [0.3, 0.4) is 0 Å². The highest BCUT2D eigenvalue weighted by atomic mass is 19.1. The fourth-order valence-corrected chi connectivity index (χ4v) is 5.82. The number of benzene rings is 2. The molecule has 3 aliphatic rings. The summed E-state index contributed by atoms with van der Waals surface area (Å²) < 4.78 is 27.4. The standard InChI is InChI=1S/C30H34FNO4/c1-17-23(13-14-32-29(17)35-3)21-11-12-24(25(31)15-21)26-6-4-5-19-7-10-22(16-27(19)36-26)28(20-8-9-20)18(2)30(33)34/h7,10-18,20,26,28-29H,4-6,8-9H2,1-3H3,(H,33,34)/t17?,18-,26?,28-,29?/m0/s1. The first-order chi connectivity index (χ1) is 17.4. The maximum Gasteiger partial charge on any atom is 0.306 e. The lowest BCUT2D eigenvalue weighted by atomic mass is 9.82. The zero-order chi connectivity index (χ0) is 25.4. The minimum absolute atomic E-state index is 0.0253.